The van der Waals surface area contributed by atoms with Gasteiger partial charge >= 0.3 is 0 Å². The molecule has 0 fully saturated rings. The maximum absolute atomic E-state index is 6.28. The molecule has 0 spiro atoms. The van der Waals surface area contributed by atoms with E-state index in [1.165, 1.54) is 12.8 Å². The van der Waals surface area contributed by atoms with Gasteiger partial charge in [-0.2, -0.15) is 0 Å². The fourth-order valence-electron chi connectivity index (χ4n) is 1.98. The molecule has 16 heavy (non-hydrogen) atoms. The zero-order valence-corrected chi connectivity index (χ0v) is 12.5. The van der Waals surface area contributed by atoms with Crippen molar-refractivity contribution >= 4 is 0 Å². The Morgan fingerprint density at radius 3 is 1.75 bits per heavy atom. The van der Waals surface area contributed by atoms with Gasteiger partial charge in [0, 0.05) is 0 Å². The first kappa shape index (κ1) is 16.0. The van der Waals surface area contributed by atoms with E-state index in [1.54, 1.807) is 0 Å². The molecule has 0 aromatic carbocycles. The molecule has 0 aliphatic rings. The maximum atomic E-state index is 6.28. The van der Waals surface area contributed by atoms with Crippen molar-refractivity contribution in [1.82, 2.24) is 0 Å². The lowest BCUT2D eigenvalue weighted by Crippen LogP contribution is -2.31. The van der Waals surface area contributed by atoms with Crippen LogP contribution in [0.5, 0.6) is 0 Å². The molecule has 0 N–H and O–H groups in total. The highest BCUT2D eigenvalue weighted by atomic mass is 16.5. The van der Waals surface area contributed by atoms with E-state index in [0.717, 1.165) is 12.8 Å². The van der Waals surface area contributed by atoms with Gasteiger partial charge in [-0.15, -0.1) is 0 Å². The second kappa shape index (κ2) is 7.32. The van der Waals surface area contributed by atoms with Gasteiger partial charge in [-0.25, -0.2) is 0 Å². The van der Waals surface area contributed by atoms with E-state index in [9.17, 15) is 0 Å². The van der Waals surface area contributed by atoms with Crippen LogP contribution in [0.2, 0.25) is 0 Å². The Bertz CT molecular complexity index is 165. The van der Waals surface area contributed by atoms with Crippen LogP contribution in [0.1, 0.15) is 74.1 Å². The Labute approximate surface area is 103 Å². The van der Waals surface area contributed by atoms with Gasteiger partial charge in [0.2, 0.25) is 0 Å². The number of hydrogen-bond acceptors (Lipinski definition) is 1. The van der Waals surface area contributed by atoms with Gasteiger partial charge in [0.15, 0.2) is 0 Å². The average Bonchev–Trinajstić information content (AvgIpc) is 2.21. The molecule has 0 saturated carbocycles. The highest BCUT2D eigenvalue weighted by molar-refractivity contribution is 4.75. The summed E-state index contributed by atoms with van der Waals surface area (Å²) in [6, 6.07) is 0. The van der Waals surface area contributed by atoms with E-state index in [1.807, 2.05) is 0 Å². The molecule has 0 heterocycles. The molecule has 0 aliphatic carbocycles. The molecule has 0 bridgehead atoms. The molecular weight excluding hydrogens is 196 g/mol. The summed E-state index contributed by atoms with van der Waals surface area (Å²) < 4.78 is 6.28. The zero-order valence-electron chi connectivity index (χ0n) is 12.5. The minimum absolute atomic E-state index is 0.361. The van der Waals surface area contributed by atoms with Crippen LogP contribution in [-0.2, 0) is 4.74 Å². The van der Waals surface area contributed by atoms with Crippen molar-refractivity contribution in [3.63, 3.8) is 0 Å². The summed E-state index contributed by atoms with van der Waals surface area (Å²) in [6.45, 7) is 15.9. The first-order chi connectivity index (χ1) is 7.34. The van der Waals surface area contributed by atoms with Crippen LogP contribution < -0.4 is 0 Å². The first-order valence-electron chi connectivity index (χ1n) is 6.99. The number of hydrogen-bond donors (Lipinski definition) is 0. The molecule has 0 aromatic rings. The largest absolute Gasteiger partial charge is 0.375 e. The fourth-order valence-corrected chi connectivity index (χ4v) is 1.98. The van der Waals surface area contributed by atoms with E-state index < -0.39 is 0 Å². The first-order valence-corrected chi connectivity index (χ1v) is 6.99. The van der Waals surface area contributed by atoms with Crippen molar-refractivity contribution < 1.29 is 4.74 Å². The summed E-state index contributed by atoms with van der Waals surface area (Å²) in [6.07, 6.45) is 5.51. The minimum atomic E-state index is 0.361. The molecular formula is C15H32O. The van der Waals surface area contributed by atoms with Gasteiger partial charge in [0.1, 0.15) is 0 Å². The van der Waals surface area contributed by atoms with Gasteiger partial charge in [0.05, 0.1) is 12.2 Å². The highest BCUT2D eigenvalue weighted by Crippen LogP contribution is 2.29. The van der Waals surface area contributed by atoms with Crippen LogP contribution in [-0.4, -0.2) is 12.2 Å². The van der Waals surface area contributed by atoms with Crippen LogP contribution in [0.25, 0.3) is 0 Å². The third-order valence-corrected chi connectivity index (χ3v) is 3.37. The summed E-state index contributed by atoms with van der Waals surface area (Å²) in [4.78, 5) is 0. The SMILES string of the molecule is CCC(CC)OC(CC(C)(C)C)C(C)CC. The third kappa shape index (κ3) is 6.52. The predicted octanol–water partition coefficient (Wildman–Crippen LogP) is 5.04. The Hall–Kier alpha value is -0.0400. The molecule has 98 valence electrons. The van der Waals surface area contributed by atoms with E-state index in [-0.39, 0.29) is 0 Å². The van der Waals surface area contributed by atoms with Gasteiger partial charge in [-0.1, -0.05) is 54.9 Å². The summed E-state index contributed by atoms with van der Waals surface area (Å²) in [5.41, 5.74) is 0.361. The molecule has 0 aromatic heterocycles. The zero-order chi connectivity index (χ0) is 12.8. The second-order valence-electron chi connectivity index (χ2n) is 6.26. The summed E-state index contributed by atoms with van der Waals surface area (Å²) in [7, 11) is 0. The van der Waals surface area contributed by atoms with Gasteiger partial charge in [-0.05, 0) is 30.6 Å². The maximum Gasteiger partial charge on any atom is 0.0609 e. The van der Waals surface area contributed by atoms with Crippen LogP contribution in [0, 0.1) is 11.3 Å². The van der Waals surface area contributed by atoms with Gasteiger partial charge < -0.3 is 4.74 Å². The van der Waals surface area contributed by atoms with Crippen molar-refractivity contribution in [3.8, 4) is 0 Å². The van der Waals surface area contributed by atoms with E-state index >= 15 is 0 Å². The lowest BCUT2D eigenvalue weighted by molar-refractivity contribution is -0.0604. The minimum Gasteiger partial charge on any atom is -0.375 e. The molecule has 1 heteroatoms. The standard InChI is InChI=1S/C15H32O/c1-8-12(4)14(11-15(5,6)7)16-13(9-2)10-3/h12-14H,8-11H2,1-7H3. The van der Waals surface area contributed by atoms with E-state index in [4.69, 9.17) is 4.74 Å². The summed E-state index contributed by atoms with van der Waals surface area (Å²) in [5.74, 6) is 0.667. The molecule has 1 nitrogen and oxygen atoms in total. The fraction of sp³-hybridized carbons (Fsp3) is 1.00. The number of rotatable bonds is 7. The average molecular weight is 228 g/mol. The monoisotopic (exact) mass is 228 g/mol. The lowest BCUT2D eigenvalue weighted by atomic mass is 9.84. The van der Waals surface area contributed by atoms with Crippen LogP contribution >= 0.6 is 0 Å². The van der Waals surface area contributed by atoms with Gasteiger partial charge in [-0.3, -0.25) is 0 Å². The topological polar surface area (TPSA) is 9.23 Å². The van der Waals surface area contributed by atoms with Crippen molar-refractivity contribution in [1.29, 1.82) is 0 Å². The third-order valence-electron chi connectivity index (χ3n) is 3.37. The molecule has 0 saturated heterocycles. The normalized spacial score (nSPS) is 16.5. The van der Waals surface area contributed by atoms with Crippen molar-refractivity contribution in [2.75, 3.05) is 0 Å². The number of ether oxygens (including phenoxy) is 1. The molecule has 2 unspecified atom stereocenters. The van der Waals surface area contributed by atoms with Crippen LogP contribution in [0.3, 0.4) is 0 Å². The summed E-state index contributed by atoms with van der Waals surface area (Å²) >= 11 is 0. The Kier molecular flexibility index (Phi) is 7.30. The van der Waals surface area contributed by atoms with Crippen LogP contribution in [0.15, 0.2) is 0 Å². The van der Waals surface area contributed by atoms with Crippen molar-refractivity contribution in [3.05, 3.63) is 0 Å². The highest BCUT2D eigenvalue weighted by Gasteiger charge is 2.25. The van der Waals surface area contributed by atoms with E-state index in [0.29, 0.717) is 23.5 Å². The van der Waals surface area contributed by atoms with Crippen molar-refractivity contribution in [2.24, 2.45) is 11.3 Å². The quantitative estimate of drug-likeness (QED) is 0.593. The molecule has 0 aliphatic heterocycles. The molecule has 2 atom stereocenters. The Morgan fingerprint density at radius 1 is 0.938 bits per heavy atom. The van der Waals surface area contributed by atoms with Gasteiger partial charge in [0.25, 0.3) is 0 Å². The van der Waals surface area contributed by atoms with E-state index in [2.05, 4.69) is 48.5 Å². The second-order valence-corrected chi connectivity index (χ2v) is 6.26. The van der Waals surface area contributed by atoms with Crippen LogP contribution in [0.4, 0.5) is 0 Å². The Balaban J connectivity index is 4.42. The van der Waals surface area contributed by atoms with Crippen molar-refractivity contribution in [2.45, 2.75) is 86.4 Å². The molecule has 0 rings (SSSR count). The Morgan fingerprint density at radius 2 is 1.44 bits per heavy atom. The predicted molar refractivity (Wildman–Crippen MR) is 72.8 cm³/mol. The molecule has 0 amide bonds. The summed E-state index contributed by atoms with van der Waals surface area (Å²) in [5, 5.41) is 0. The lowest BCUT2D eigenvalue weighted by Gasteiger charge is -2.32. The molecule has 0 radical (unpaired) electrons. The smallest absolute Gasteiger partial charge is 0.0609 e.